The van der Waals surface area contributed by atoms with Gasteiger partial charge >= 0.3 is 0 Å². The van der Waals surface area contributed by atoms with Crippen LogP contribution in [0.15, 0.2) is 48.5 Å². The van der Waals surface area contributed by atoms with Gasteiger partial charge in [0.1, 0.15) is 12.4 Å². The second-order valence-electron chi connectivity index (χ2n) is 4.81. The molecule has 0 spiro atoms. The van der Waals surface area contributed by atoms with Crippen molar-refractivity contribution in [1.82, 2.24) is 5.32 Å². The molecule has 0 aliphatic heterocycles. The number of hydrogen-bond donors (Lipinski definition) is 1. The summed E-state index contributed by atoms with van der Waals surface area (Å²) >= 11 is 0. The number of likely N-dealkylation sites (N-methyl/N-ethyl adjacent to an activating group) is 1. The van der Waals surface area contributed by atoms with Crippen molar-refractivity contribution in [3.8, 4) is 5.75 Å². The number of para-hydroxylation sites is 1. The van der Waals surface area contributed by atoms with Crippen molar-refractivity contribution in [2.45, 2.75) is 19.9 Å². The number of benzene rings is 2. The van der Waals surface area contributed by atoms with Gasteiger partial charge in [-0.05, 0) is 49.7 Å². The molecular formula is C17H21NO. The molecule has 2 heteroatoms. The molecule has 0 radical (unpaired) electrons. The van der Waals surface area contributed by atoms with Crippen LogP contribution in [0.5, 0.6) is 5.75 Å². The highest BCUT2D eigenvalue weighted by atomic mass is 16.5. The molecular weight excluding hydrogens is 234 g/mol. The molecule has 0 aliphatic rings. The maximum absolute atomic E-state index is 5.82. The zero-order chi connectivity index (χ0) is 13.7. The summed E-state index contributed by atoms with van der Waals surface area (Å²) in [4.78, 5) is 0. The van der Waals surface area contributed by atoms with Crippen molar-refractivity contribution in [2.24, 2.45) is 0 Å². The third-order valence-electron chi connectivity index (χ3n) is 3.44. The summed E-state index contributed by atoms with van der Waals surface area (Å²) < 4.78 is 5.82. The molecule has 2 rings (SSSR count). The predicted molar refractivity (Wildman–Crippen MR) is 79.7 cm³/mol. The molecule has 1 unspecified atom stereocenters. The molecule has 100 valence electrons. The zero-order valence-corrected chi connectivity index (χ0v) is 11.8. The second kappa shape index (κ2) is 6.39. The van der Waals surface area contributed by atoms with Gasteiger partial charge in [-0.25, -0.2) is 0 Å². The lowest BCUT2D eigenvalue weighted by Gasteiger charge is -2.18. The van der Waals surface area contributed by atoms with Crippen LogP contribution in [-0.4, -0.2) is 13.7 Å². The number of rotatable bonds is 5. The Kier molecular flexibility index (Phi) is 4.58. The van der Waals surface area contributed by atoms with Gasteiger partial charge in [-0.15, -0.1) is 0 Å². The molecule has 2 aromatic carbocycles. The Balaban J connectivity index is 2.05. The third kappa shape index (κ3) is 3.58. The Hall–Kier alpha value is -1.80. The molecule has 0 saturated heterocycles. The first kappa shape index (κ1) is 13.6. The summed E-state index contributed by atoms with van der Waals surface area (Å²) in [6.07, 6.45) is 0. The summed E-state index contributed by atoms with van der Waals surface area (Å²) in [6.45, 7) is 4.90. The molecule has 1 N–H and O–H groups in total. The smallest absolute Gasteiger partial charge is 0.119 e. The Morgan fingerprint density at radius 2 is 1.74 bits per heavy atom. The molecule has 0 aliphatic carbocycles. The van der Waals surface area contributed by atoms with Crippen molar-refractivity contribution in [1.29, 1.82) is 0 Å². The third-order valence-corrected chi connectivity index (χ3v) is 3.44. The van der Waals surface area contributed by atoms with Crippen molar-refractivity contribution >= 4 is 0 Å². The number of nitrogens with one attached hydrogen (secondary N) is 1. The summed E-state index contributed by atoms with van der Waals surface area (Å²) in [7, 11) is 1.97. The highest BCUT2D eigenvalue weighted by molar-refractivity contribution is 5.32. The van der Waals surface area contributed by atoms with E-state index < -0.39 is 0 Å². The summed E-state index contributed by atoms with van der Waals surface area (Å²) in [6, 6.07) is 16.7. The summed E-state index contributed by atoms with van der Waals surface area (Å²) in [5.41, 5.74) is 3.90. The molecule has 0 saturated carbocycles. The van der Waals surface area contributed by atoms with E-state index in [1.807, 2.05) is 37.4 Å². The molecule has 0 bridgehead atoms. The van der Waals surface area contributed by atoms with Gasteiger partial charge in [0.15, 0.2) is 0 Å². The lowest BCUT2D eigenvalue weighted by atomic mass is 10.0. The van der Waals surface area contributed by atoms with Crippen LogP contribution in [0, 0.1) is 13.8 Å². The van der Waals surface area contributed by atoms with Crippen LogP contribution in [0.1, 0.15) is 22.7 Å². The highest BCUT2D eigenvalue weighted by Gasteiger charge is 2.10. The minimum absolute atomic E-state index is 0.208. The van der Waals surface area contributed by atoms with Crippen molar-refractivity contribution < 1.29 is 4.74 Å². The van der Waals surface area contributed by atoms with E-state index in [2.05, 4.69) is 37.4 Å². The summed E-state index contributed by atoms with van der Waals surface area (Å²) in [5, 5.41) is 3.31. The minimum Gasteiger partial charge on any atom is -0.492 e. The van der Waals surface area contributed by atoms with E-state index in [4.69, 9.17) is 4.74 Å². The number of ether oxygens (including phenoxy) is 1. The first-order valence-corrected chi connectivity index (χ1v) is 6.63. The molecule has 0 aromatic heterocycles. The SMILES string of the molecule is CNC(COc1ccccc1)c1ccc(C)c(C)c1. The van der Waals surface area contributed by atoms with Gasteiger partial charge in [0, 0.05) is 0 Å². The van der Waals surface area contributed by atoms with Crippen LogP contribution < -0.4 is 10.1 Å². The maximum Gasteiger partial charge on any atom is 0.119 e. The van der Waals surface area contributed by atoms with Crippen LogP contribution >= 0.6 is 0 Å². The fraction of sp³-hybridized carbons (Fsp3) is 0.294. The molecule has 0 amide bonds. The monoisotopic (exact) mass is 255 g/mol. The molecule has 0 heterocycles. The van der Waals surface area contributed by atoms with Gasteiger partial charge in [-0.3, -0.25) is 0 Å². The fourth-order valence-corrected chi connectivity index (χ4v) is 2.02. The van der Waals surface area contributed by atoms with Gasteiger partial charge in [0.2, 0.25) is 0 Å². The van der Waals surface area contributed by atoms with Gasteiger partial charge in [-0.1, -0.05) is 36.4 Å². The maximum atomic E-state index is 5.82. The van der Waals surface area contributed by atoms with E-state index in [1.54, 1.807) is 0 Å². The van der Waals surface area contributed by atoms with E-state index in [-0.39, 0.29) is 6.04 Å². The van der Waals surface area contributed by atoms with Crippen LogP contribution in [0.3, 0.4) is 0 Å². The molecule has 1 atom stereocenters. The van der Waals surface area contributed by atoms with Crippen LogP contribution in [0.25, 0.3) is 0 Å². The summed E-state index contributed by atoms with van der Waals surface area (Å²) in [5.74, 6) is 0.909. The van der Waals surface area contributed by atoms with Crippen LogP contribution in [0.4, 0.5) is 0 Å². The predicted octanol–water partition coefficient (Wildman–Crippen LogP) is 3.64. The highest BCUT2D eigenvalue weighted by Crippen LogP contribution is 2.18. The standard InChI is InChI=1S/C17H21NO/c1-13-9-10-15(11-14(13)2)17(18-3)12-19-16-7-5-4-6-8-16/h4-11,17-18H,12H2,1-3H3. The Bertz CT molecular complexity index is 522. The second-order valence-corrected chi connectivity index (χ2v) is 4.81. The van der Waals surface area contributed by atoms with Crippen LogP contribution in [0.2, 0.25) is 0 Å². The van der Waals surface area contributed by atoms with Gasteiger partial charge in [0.25, 0.3) is 0 Å². The van der Waals surface area contributed by atoms with E-state index in [0.717, 1.165) is 5.75 Å². The van der Waals surface area contributed by atoms with Crippen LogP contribution in [-0.2, 0) is 0 Å². The lowest BCUT2D eigenvalue weighted by Crippen LogP contribution is -2.23. The average Bonchev–Trinajstić information content (AvgIpc) is 2.44. The average molecular weight is 255 g/mol. The van der Waals surface area contributed by atoms with Crippen molar-refractivity contribution in [2.75, 3.05) is 13.7 Å². The van der Waals surface area contributed by atoms with Gasteiger partial charge in [0.05, 0.1) is 6.04 Å². The minimum atomic E-state index is 0.208. The largest absolute Gasteiger partial charge is 0.492 e. The normalized spacial score (nSPS) is 12.2. The Morgan fingerprint density at radius 3 is 2.37 bits per heavy atom. The van der Waals surface area contributed by atoms with Crippen molar-refractivity contribution in [3.63, 3.8) is 0 Å². The van der Waals surface area contributed by atoms with Gasteiger partial charge < -0.3 is 10.1 Å². The first-order valence-electron chi connectivity index (χ1n) is 6.63. The topological polar surface area (TPSA) is 21.3 Å². The fourth-order valence-electron chi connectivity index (χ4n) is 2.02. The molecule has 0 fully saturated rings. The first-order chi connectivity index (χ1) is 9.20. The Labute approximate surface area is 115 Å². The van der Waals surface area contributed by atoms with E-state index in [0.29, 0.717) is 6.61 Å². The van der Waals surface area contributed by atoms with E-state index in [1.165, 1.54) is 16.7 Å². The molecule has 2 aromatic rings. The number of aryl methyl sites for hydroxylation is 2. The number of hydrogen-bond acceptors (Lipinski definition) is 2. The molecule has 2 nitrogen and oxygen atoms in total. The zero-order valence-electron chi connectivity index (χ0n) is 11.8. The quantitative estimate of drug-likeness (QED) is 0.880. The lowest BCUT2D eigenvalue weighted by molar-refractivity contribution is 0.273. The van der Waals surface area contributed by atoms with E-state index in [9.17, 15) is 0 Å². The van der Waals surface area contributed by atoms with Gasteiger partial charge in [-0.2, -0.15) is 0 Å². The Morgan fingerprint density at radius 1 is 1.00 bits per heavy atom. The van der Waals surface area contributed by atoms with Crippen molar-refractivity contribution in [3.05, 3.63) is 65.2 Å². The molecule has 19 heavy (non-hydrogen) atoms. The van der Waals surface area contributed by atoms with E-state index >= 15 is 0 Å².